The third kappa shape index (κ3) is 4.30. The van der Waals surface area contributed by atoms with E-state index in [0.717, 1.165) is 31.6 Å². The number of carbonyl (C=O) groups is 2. The Balaban J connectivity index is 1.39. The predicted molar refractivity (Wildman–Crippen MR) is 90.7 cm³/mol. The van der Waals surface area contributed by atoms with Crippen LogP contribution in [0, 0.1) is 5.92 Å². The van der Waals surface area contributed by atoms with E-state index >= 15 is 0 Å². The molecule has 0 radical (unpaired) electrons. The van der Waals surface area contributed by atoms with Crippen LogP contribution in [0.5, 0.6) is 0 Å². The van der Waals surface area contributed by atoms with Crippen LogP contribution in [0.25, 0.3) is 0 Å². The number of rotatable bonds is 3. The molecule has 2 heterocycles. The fraction of sp³-hybridized carbons (Fsp3) is 0.667. The minimum absolute atomic E-state index is 0.00276. The van der Waals surface area contributed by atoms with Gasteiger partial charge in [0.05, 0.1) is 11.8 Å². The van der Waals surface area contributed by atoms with E-state index in [1.807, 2.05) is 4.90 Å². The van der Waals surface area contributed by atoms with Crippen molar-refractivity contribution < 1.29 is 14.0 Å². The topological polar surface area (TPSA) is 74.6 Å². The molecule has 1 saturated heterocycles. The van der Waals surface area contributed by atoms with Gasteiger partial charge in [-0.1, -0.05) is 6.92 Å². The highest BCUT2D eigenvalue weighted by Gasteiger charge is 2.26. The molecule has 0 unspecified atom stereocenters. The number of hydrogen-bond acceptors (Lipinski definition) is 3. The van der Waals surface area contributed by atoms with Crippen LogP contribution in [0.4, 0.5) is 4.79 Å². The van der Waals surface area contributed by atoms with Crippen molar-refractivity contribution >= 4 is 11.9 Å². The number of carbonyl (C=O) groups excluding carboxylic acids is 2. The number of piperidine rings is 1. The van der Waals surface area contributed by atoms with E-state index in [1.165, 1.54) is 25.4 Å². The molecule has 2 aliphatic rings. The highest BCUT2D eigenvalue weighted by atomic mass is 16.3. The molecule has 0 bridgehead atoms. The summed E-state index contributed by atoms with van der Waals surface area (Å²) in [6.07, 6.45) is 9.11. The van der Waals surface area contributed by atoms with E-state index in [9.17, 15) is 9.59 Å². The zero-order valence-electron chi connectivity index (χ0n) is 14.3. The Bertz CT molecular complexity index is 542. The molecule has 132 valence electrons. The zero-order valence-corrected chi connectivity index (χ0v) is 14.3. The molecule has 3 rings (SSSR count). The third-order valence-electron chi connectivity index (χ3n) is 5.24. The van der Waals surface area contributed by atoms with Gasteiger partial charge in [0.25, 0.3) is 5.91 Å². The second-order valence-corrected chi connectivity index (χ2v) is 7.15. The standard InChI is InChI=1S/C18H27N3O3/c1-13-2-4-15(5-3-13)19-18(23)20-16-6-9-21(10-7-16)17(22)14-8-11-24-12-14/h8,11-13,15-16H,2-7,9-10H2,1H3,(H2,19,20,23). The summed E-state index contributed by atoms with van der Waals surface area (Å²) in [5, 5.41) is 6.17. The van der Waals surface area contributed by atoms with E-state index in [4.69, 9.17) is 4.42 Å². The summed E-state index contributed by atoms with van der Waals surface area (Å²) >= 11 is 0. The Morgan fingerprint density at radius 3 is 2.25 bits per heavy atom. The van der Waals surface area contributed by atoms with Gasteiger partial charge in [0, 0.05) is 25.2 Å². The smallest absolute Gasteiger partial charge is 0.315 e. The number of amides is 3. The summed E-state index contributed by atoms with van der Waals surface area (Å²) in [5.41, 5.74) is 0.589. The maximum atomic E-state index is 12.2. The molecule has 3 amide bonds. The fourth-order valence-corrected chi connectivity index (χ4v) is 3.61. The van der Waals surface area contributed by atoms with Gasteiger partial charge in [-0.25, -0.2) is 4.79 Å². The Kier molecular flexibility index (Phi) is 5.43. The van der Waals surface area contributed by atoms with Gasteiger partial charge in [0.1, 0.15) is 6.26 Å². The van der Waals surface area contributed by atoms with E-state index in [2.05, 4.69) is 17.6 Å². The van der Waals surface area contributed by atoms with Gasteiger partial charge in [-0.3, -0.25) is 4.79 Å². The molecule has 1 saturated carbocycles. The molecule has 1 aliphatic carbocycles. The molecule has 1 aromatic heterocycles. The molecule has 0 atom stereocenters. The van der Waals surface area contributed by atoms with E-state index in [-0.39, 0.29) is 18.0 Å². The van der Waals surface area contributed by atoms with Crippen molar-refractivity contribution in [3.8, 4) is 0 Å². The summed E-state index contributed by atoms with van der Waals surface area (Å²) < 4.78 is 4.97. The molecule has 2 N–H and O–H groups in total. The van der Waals surface area contributed by atoms with E-state index < -0.39 is 0 Å². The molecular weight excluding hydrogens is 306 g/mol. The predicted octanol–water partition coefficient (Wildman–Crippen LogP) is 2.76. The SMILES string of the molecule is CC1CCC(NC(=O)NC2CCN(C(=O)c3ccoc3)CC2)CC1. The van der Waals surface area contributed by atoms with Gasteiger partial charge in [0.2, 0.25) is 0 Å². The number of hydrogen-bond donors (Lipinski definition) is 2. The van der Waals surface area contributed by atoms with Crippen LogP contribution < -0.4 is 10.6 Å². The maximum Gasteiger partial charge on any atom is 0.315 e. The summed E-state index contributed by atoms with van der Waals surface area (Å²) in [5.74, 6) is 0.783. The number of nitrogens with one attached hydrogen (secondary N) is 2. The molecule has 2 fully saturated rings. The summed E-state index contributed by atoms with van der Waals surface area (Å²) in [4.78, 5) is 26.2. The van der Waals surface area contributed by atoms with Crippen molar-refractivity contribution in [1.29, 1.82) is 0 Å². The van der Waals surface area contributed by atoms with Gasteiger partial charge < -0.3 is 20.0 Å². The summed E-state index contributed by atoms with van der Waals surface area (Å²) in [6.45, 7) is 3.60. The third-order valence-corrected chi connectivity index (χ3v) is 5.24. The van der Waals surface area contributed by atoms with Crippen LogP contribution >= 0.6 is 0 Å². The first-order chi connectivity index (χ1) is 11.6. The van der Waals surface area contributed by atoms with Gasteiger partial charge >= 0.3 is 6.03 Å². The van der Waals surface area contributed by atoms with Gasteiger partial charge in [-0.2, -0.15) is 0 Å². The van der Waals surface area contributed by atoms with Crippen LogP contribution in [0.3, 0.4) is 0 Å². The lowest BCUT2D eigenvalue weighted by molar-refractivity contribution is 0.0707. The summed E-state index contributed by atoms with van der Waals surface area (Å²) in [6, 6.07) is 2.07. The van der Waals surface area contributed by atoms with Crippen molar-refractivity contribution in [2.45, 2.75) is 57.5 Å². The number of nitrogens with zero attached hydrogens (tertiary/aromatic N) is 1. The molecule has 6 nitrogen and oxygen atoms in total. The molecule has 1 aliphatic heterocycles. The average molecular weight is 333 g/mol. The Hall–Kier alpha value is -1.98. The first-order valence-electron chi connectivity index (χ1n) is 9.00. The van der Waals surface area contributed by atoms with Crippen molar-refractivity contribution in [1.82, 2.24) is 15.5 Å². The molecule has 6 heteroatoms. The van der Waals surface area contributed by atoms with Crippen molar-refractivity contribution in [3.63, 3.8) is 0 Å². The van der Waals surface area contributed by atoms with Crippen LogP contribution in [0.2, 0.25) is 0 Å². The highest BCUT2D eigenvalue weighted by molar-refractivity contribution is 5.93. The Morgan fingerprint density at radius 1 is 1.04 bits per heavy atom. The first kappa shape index (κ1) is 16.9. The van der Waals surface area contributed by atoms with Gasteiger partial charge in [-0.05, 0) is 50.5 Å². The Labute approximate surface area is 143 Å². The molecule has 0 aromatic carbocycles. The van der Waals surface area contributed by atoms with Crippen LogP contribution in [0.1, 0.15) is 55.8 Å². The van der Waals surface area contributed by atoms with Crippen molar-refractivity contribution in [3.05, 3.63) is 24.2 Å². The molecule has 24 heavy (non-hydrogen) atoms. The molecular formula is C18H27N3O3. The lowest BCUT2D eigenvalue weighted by Crippen LogP contribution is -2.51. The highest BCUT2D eigenvalue weighted by Crippen LogP contribution is 2.23. The van der Waals surface area contributed by atoms with Gasteiger partial charge in [0.15, 0.2) is 0 Å². The largest absolute Gasteiger partial charge is 0.472 e. The first-order valence-corrected chi connectivity index (χ1v) is 9.00. The van der Waals surface area contributed by atoms with Crippen LogP contribution in [-0.4, -0.2) is 42.0 Å². The maximum absolute atomic E-state index is 12.2. The molecule has 0 spiro atoms. The van der Waals surface area contributed by atoms with Crippen LogP contribution in [0.15, 0.2) is 23.0 Å². The number of furan rings is 1. The summed E-state index contributed by atoms with van der Waals surface area (Å²) in [7, 11) is 0. The quantitative estimate of drug-likeness (QED) is 0.893. The van der Waals surface area contributed by atoms with Crippen LogP contribution in [-0.2, 0) is 0 Å². The molecule has 1 aromatic rings. The Morgan fingerprint density at radius 2 is 1.67 bits per heavy atom. The second-order valence-electron chi connectivity index (χ2n) is 7.15. The lowest BCUT2D eigenvalue weighted by Gasteiger charge is -2.33. The van der Waals surface area contributed by atoms with Gasteiger partial charge in [-0.15, -0.1) is 0 Å². The fourth-order valence-electron chi connectivity index (χ4n) is 3.61. The number of urea groups is 1. The zero-order chi connectivity index (χ0) is 16.9. The van der Waals surface area contributed by atoms with Crippen molar-refractivity contribution in [2.75, 3.05) is 13.1 Å². The lowest BCUT2D eigenvalue weighted by atomic mass is 9.87. The second kappa shape index (κ2) is 7.73. The van der Waals surface area contributed by atoms with E-state index in [1.54, 1.807) is 6.07 Å². The average Bonchev–Trinajstić information content (AvgIpc) is 3.11. The minimum Gasteiger partial charge on any atom is -0.472 e. The van der Waals surface area contributed by atoms with E-state index in [0.29, 0.717) is 24.7 Å². The normalized spacial score (nSPS) is 25.3. The van der Waals surface area contributed by atoms with Crippen molar-refractivity contribution in [2.24, 2.45) is 5.92 Å². The number of likely N-dealkylation sites (tertiary alicyclic amines) is 1. The monoisotopic (exact) mass is 333 g/mol. The minimum atomic E-state index is -0.0610.